The summed E-state index contributed by atoms with van der Waals surface area (Å²) in [5.41, 5.74) is 3.90. The SMILES string of the molecule is CN(C)c1ccc2c(c1)CCN(CCCS(=O)(=O)O)C2. The average molecular weight is 298 g/mol. The molecule has 0 aliphatic carbocycles. The van der Waals surface area contributed by atoms with Crippen molar-refractivity contribution < 1.29 is 13.0 Å². The van der Waals surface area contributed by atoms with Crippen molar-refractivity contribution in [2.24, 2.45) is 0 Å². The number of benzene rings is 1. The Kier molecular flexibility index (Phi) is 4.67. The molecule has 1 heterocycles. The van der Waals surface area contributed by atoms with Crippen molar-refractivity contribution in [2.45, 2.75) is 19.4 Å². The third-order valence-corrected chi connectivity index (χ3v) is 4.48. The van der Waals surface area contributed by atoms with Crippen molar-refractivity contribution in [1.29, 1.82) is 0 Å². The maximum Gasteiger partial charge on any atom is 0.264 e. The van der Waals surface area contributed by atoms with Crippen LogP contribution < -0.4 is 4.90 Å². The van der Waals surface area contributed by atoms with Gasteiger partial charge in [0.1, 0.15) is 0 Å². The summed E-state index contributed by atoms with van der Waals surface area (Å²) in [6.45, 7) is 2.50. The number of hydrogen-bond acceptors (Lipinski definition) is 4. The molecule has 2 rings (SSSR count). The monoisotopic (exact) mass is 298 g/mol. The lowest BCUT2D eigenvalue weighted by molar-refractivity contribution is 0.254. The quantitative estimate of drug-likeness (QED) is 0.832. The first-order chi connectivity index (χ1) is 9.35. The van der Waals surface area contributed by atoms with Crippen LogP contribution in [0.2, 0.25) is 0 Å². The second-order valence-corrected chi connectivity index (χ2v) is 7.09. The lowest BCUT2D eigenvalue weighted by atomic mass is 9.99. The number of hydrogen-bond donors (Lipinski definition) is 1. The molecule has 112 valence electrons. The Balaban J connectivity index is 1.94. The minimum Gasteiger partial charge on any atom is -0.378 e. The van der Waals surface area contributed by atoms with Gasteiger partial charge < -0.3 is 4.90 Å². The first kappa shape index (κ1) is 15.3. The van der Waals surface area contributed by atoms with E-state index >= 15 is 0 Å². The molecular formula is C14H22N2O3S. The maximum atomic E-state index is 10.7. The summed E-state index contributed by atoms with van der Waals surface area (Å²) in [5, 5.41) is 0. The third-order valence-electron chi connectivity index (χ3n) is 3.67. The van der Waals surface area contributed by atoms with Crippen LogP contribution in [0.25, 0.3) is 0 Å². The molecule has 0 bridgehead atoms. The van der Waals surface area contributed by atoms with Crippen LogP contribution in [0.15, 0.2) is 18.2 Å². The van der Waals surface area contributed by atoms with Gasteiger partial charge in [-0.1, -0.05) is 6.07 Å². The third kappa shape index (κ3) is 4.19. The van der Waals surface area contributed by atoms with Gasteiger partial charge in [0.25, 0.3) is 10.1 Å². The van der Waals surface area contributed by atoms with Gasteiger partial charge in [-0.2, -0.15) is 8.42 Å². The molecule has 0 aromatic heterocycles. The summed E-state index contributed by atoms with van der Waals surface area (Å²) in [6.07, 6.45) is 1.47. The summed E-state index contributed by atoms with van der Waals surface area (Å²) in [4.78, 5) is 4.33. The van der Waals surface area contributed by atoms with Gasteiger partial charge in [-0.05, 0) is 42.6 Å². The van der Waals surface area contributed by atoms with Crippen LogP contribution >= 0.6 is 0 Å². The normalized spacial score (nSPS) is 15.9. The molecule has 0 saturated carbocycles. The first-order valence-corrected chi connectivity index (χ1v) is 8.43. The van der Waals surface area contributed by atoms with Gasteiger partial charge >= 0.3 is 0 Å². The van der Waals surface area contributed by atoms with Crippen LogP contribution in [0.3, 0.4) is 0 Å². The molecular weight excluding hydrogens is 276 g/mol. The Morgan fingerprint density at radius 2 is 2.05 bits per heavy atom. The zero-order valence-corrected chi connectivity index (χ0v) is 12.9. The number of rotatable bonds is 5. The molecule has 1 aliphatic heterocycles. The number of fused-ring (bicyclic) bond motifs is 1. The van der Waals surface area contributed by atoms with E-state index in [1.54, 1.807) is 0 Å². The maximum absolute atomic E-state index is 10.7. The van der Waals surface area contributed by atoms with Crippen LogP contribution in [0.1, 0.15) is 17.5 Å². The zero-order chi connectivity index (χ0) is 14.8. The summed E-state index contributed by atoms with van der Waals surface area (Å²) in [7, 11) is 0.235. The fourth-order valence-electron chi connectivity index (χ4n) is 2.54. The van der Waals surface area contributed by atoms with E-state index in [1.165, 1.54) is 16.8 Å². The van der Waals surface area contributed by atoms with E-state index in [0.29, 0.717) is 13.0 Å². The predicted molar refractivity (Wildman–Crippen MR) is 80.8 cm³/mol. The molecule has 1 aromatic rings. The molecule has 5 nitrogen and oxygen atoms in total. The average Bonchev–Trinajstić information content (AvgIpc) is 2.36. The highest BCUT2D eigenvalue weighted by Crippen LogP contribution is 2.23. The lowest BCUT2D eigenvalue weighted by Gasteiger charge is -2.29. The second kappa shape index (κ2) is 6.11. The Hall–Kier alpha value is -1.11. The van der Waals surface area contributed by atoms with E-state index in [2.05, 4.69) is 28.0 Å². The molecule has 0 radical (unpaired) electrons. The van der Waals surface area contributed by atoms with Crippen LogP contribution in [0, 0.1) is 0 Å². The van der Waals surface area contributed by atoms with Crippen molar-refractivity contribution in [3.63, 3.8) is 0 Å². The molecule has 6 heteroatoms. The molecule has 0 atom stereocenters. The summed E-state index contributed by atoms with van der Waals surface area (Å²) >= 11 is 0. The topological polar surface area (TPSA) is 60.9 Å². The fraction of sp³-hybridized carbons (Fsp3) is 0.571. The molecule has 0 spiro atoms. The van der Waals surface area contributed by atoms with Gasteiger partial charge in [0.2, 0.25) is 0 Å². The summed E-state index contributed by atoms with van der Waals surface area (Å²) in [6, 6.07) is 6.49. The Labute approximate surface area is 120 Å². The molecule has 20 heavy (non-hydrogen) atoms. The van der Waals surface area contributed by atoms with Crippen LogP contribution in [-0.4, -0.2) is 50.8 Å². The summed E-state index contributed by atoms with van der Waals surface area (Å²) in [5.74, 6) is -0.157. The van der Waals surface area contributed by atoms with E-state index < -0.39 is 10.1 Å². The van der Waals surface area contributed by atoms with Gasteiger partial charge in [-0.25, -0.2) is 0 Å². The highest BCUT2D eigenvalue weighted by molar-refractivity contribution is 7.85. The van der Waals surface area contributed by atoms with Crippen LogP contribution in [0.5, 0.6) is 0 Å². The van der Waals surface area contributed by atoms with E-state index in [-0.39, 0.29) is 5.75 Å². The van der Waals surface area contributed by atoms with E-state index in [0.717, 1.165) is 19.5 Å². The van der Waals surface area contributed by atoms with E-state index in [4.69, 9.17) is 4.55 Å². The van der Waals surface area contributed by atoms with Crippen molar-refractivity contribution in [1.82, 2.24) is 4.90 Å². The molecule has 0 unspecified atom stereocenters. The smallest absolute Gasteiger partial charge is 0.264 e. The molecule has 0 fully saturated rings. The number of anilines is 1. The van der Waals surface area contributed by atoms with E-state index in [1.807, 2.05) is 14.1 Å². The van der Waals surface area contributed by atoms with Crippen molar-refractivity contribution in [3.8, 4) is 0 Å². The second-order valence-electron chi connectivity index (χ2n) is 5.51. The molecule has 1 N–H and O–H groups in total. The first-order valence-electron chi connectivity index (χ1n) is 6.82. The van der Waals surface area contributed by atoms with Gasteiger partial charge in [0, 0.05) is 32.9 Å². The predicted octanol–water partition coefficient (Wildman–Crippen LogP) is 1.39. The molecule has 0 amide bonds. The van der Waals surface area contributed by atoms with Gasteiger partial charge in [0.05, 0.1) is 5.75 Å². The molecule has 1 aromatic carbocycles. The Morgan fingerprint density at radius 3 is 2.70 bits per heavy atom. The summed E-state index contributed by atoms with van der Waals surface area (Å²) < 4.78 is 30.1. The fourth-order valence-corrected chi connectivity index (χ4v) is 3.03. The Bertz CT molecular complexity index is 570. The molecule has 1 aliphatic rings. The standard InChI is InChI=1S/C14H22N2O3S/c1-15(2)14-5-4-13-11-16(8-6-12(13)10-14)7-3-9-20(17,18)19/h4-5,10H,3,6-9,11H2,1-2H3,(H,17,18,19). The minimum atomic E-state index is -3.83. The number of nitrogens with zero attached hydrogens (tertiary/aromatic N) is 2. The van der Waals surface area contributed by atoms with Gasteiger partial charge in [-0.15, -0.1) is 0 Å². The van der Waals surface area contributed by atoms with Crippen molar-refractivity contribution in [3.05, 3.63) is 29.3 Å². The Morgan fingerprint density at radius 1 is 1.30 bits per heavy atom. The van der Waals surface area contributed by atoms with Crippen LogP contribution in [0.4, 0.5) is 5.69 Å². The van der Waals surface area contributed by atoms with Crippen LogP contribution in [-0.2, 0) is 23.1 Å². The minimum absolute atomic E-state index is 0.157. The lowest BCUT2D eigenvalue weighted by Crippen LogP contribution is -2.32. The highest BCUT2D eigenvalue weighted by atomic mass is 32.2. The van der Waals surface area contributed by atoms with Crippen molar-refractivity contribution in [2.75, 3.05) is 37.8 Å². The van der Waals surface area contributed by atoms with Gasteiger partial charge in [0.15, 0.2) is 0 Å². The largest absolute Gasteiger partial charge is 0.378 e. The zero-order valence-electron chi connectivity index (χ0n) is 12.0. The highest BCUT2D eigenvalue weighted by Gasteiger charge is 2.17. The van der Waals surface area contributed by atoms with Crippen molar-refractivity contribution >= 4 is 15.8 Å². The molecule has 0 saturated heterocycles. The van der Waals surface area contributed by atoms with E-state index in [9.17, 15) is 8.42 Å². The van der Waals surface area contributed by atoms with Gasteiger partial charge in [-0.3, -0.25) is 9.45 Å².